The maximum absolute atomic E-state index is 12.7. The molecule has 2 aliphatic rings. The SMILES string of the molecule is Cc1c(C(=O)NC[C@@H]2CCCO2)oc2c1-c1nn(Cc3ccccn3)cc1CC2. The fraction of sp³-hybridized carbons (Fsp3) is 0.409. The number of aryl methyl sites for hydroxylation is 2. The van der Waals surface area contributed by atoms with E-state index in [1.54, 1.807) is 6.20 Å². The van der Waals surface area contributed by atoms with Gasteiger partial charge in [-0.05, 0) is 43.9 Å². The van der Waals surface area contributed by atoms with Crippen LogP contribution >= 0.6 is 0 Å². The van der Waals surface area contributed by atoms with Crippen LogP contribution in [-0.4, -0.2) is 39.9 Å². The van der Waals surface area contributed by atoms with Gasteiger partial charge in [0.25, 0.3) is 5.91 Å². The molecule has 29 heavy (non-hydrogen) atoms. The summed E-state index contributed by atoms with van der Waals surface area (Å²) in [5.41, 5.74) is 4.89. The number of hydrogen-bond donors (Lipinski definition) is 1. The zero-order valence-electron chi connectivity index (χ0n) is 16.5. The summed E-state index contributed by atoms with van der Waals surface area (Å²) in [6, 6.07) is 5.88. The third-order valence-corrected chi connectivity index (χ3v) is 5.69. The number of carbonyl (C=O) groups is 1. The molecular formula is C22H24N4O3. The maximum Gasteiger partial charge on any atom is 0.287 e. The molecule has 0 saturated carbocycles. The number of amides is 1. The van der Waals surface area contributed by atoms with Crippen LogP contribution in [0.3, 0.4) is 0 Å². The first-order valence-electron chi connectivity index (χ1n) is 10.2. The van der Waals surface area contributed by atoms with Gasteiger partial charge in [-0.25, -0.2) is 0 Å². The third kappa shape index (κ3) is 3.46. The van der Waals surface area contributed by atoms with Crippen molar-refractivity contribution in [1.29, 1.82) is 0 Å². The van der Waals surface area contributed by atoms with Gasteiger partial charge in [-0.1, -0.05) is 6.07 Å². The molecule has 5 rings (SSSR count). The minimum Gasteiger partial charge on any atom is -0.455 e. The fourth-order valence-corrected chi connectivity index (χ4v) is 4.21. The highest BCUT2D eigenvalue weighted by atomic mass is 16.5. The average Bonchev–Trinajstić information content (AvgIpc) is 3.45. The van der Waals surface area contributed by atoms with E-state index in [0.29, 0.717) is 18.8 Å². The van der Waals surface area contributed by atoms with E-state index in [-0.39, 0.29) is 12.0 Å². The summed E-state index contributed by atoms with van der Waals surface area (Å²) in [5.74, 6) is 1.06. The minimum atomic E-state index is -0.179. The second-order valence-corrected chi connectivity index (χ2v) is 7.72. The van der Waals surface area contributed by atoms with Gasteiger partial charge < -0.3 is 14.5 Å². The van der Waals surface area contributed by atoms with E-state index in [2.05, 4.69) is 16.5 Å². The molecule has 0 radical (unpaired) electrons. The molecule has 3 aromatic heterocycles. The maximum atomic E-state index is 12.7. The van der Waals surface area contributed by atoms with Gasteiger partial charge in [-0.3, -0.25) is 14.5 Å². The third-order valence-electron chi connectivity index (χ3n) is 5.69. The number of nitrogens with one attached hydrogen (secondary N) is 1. The predicted octanol–water partition coefficient (Wildman–Crippen LogP) is 2.90. The second kappa shape index (κ2) is 7.48. The van der Waals surface area contributed by atoms with Gasteiger partial charge in [0, 0.05) is 43.1 Å². The van der Waals surface area contributed by atoms with Crippen LogP contribution in [0, 0.1) is 6.92 Å². The van der Waals surface area contributed by atoms with Crippen LogP contribution in [0.15, 0.2) is 35.0 Å². The molecule has 0 unspecified atom stereocenters. The largest absolute Gasteiger partial charge is 0.455 e. The highest BCUT2D eigenvalue weighted by molar-refractivity contribution is 5.95. The van der Waals surface area contributed by atoms with Crippen LogP contribution in [0.2, 0.25) is 0 Å². The molecule has 4 heterocycles. The van der Waals surface area contributed by atoms with E-state index >= 15 is 0 Å². The van der Waals surface area contributed by atoms with Gasteiger partial charge in [0.15, 0.2) is 5.76 Å². The van der Waals surface area contributed by atoms with Crippen molar-refractivity contribution in [3.05, 3.63) is 58.9 Å². The van der Waals surface area contributed by atoms with E-state index < -0.39 is 0 Å². The average molecular weight is 392 g/mol. The van der Waals surface area contributed by atoms with Crippen LogP contribution in [-0.2, 0) is 24.1 Å². The Balaban J connectivity index is 1.38. The molecule has 7 heteroatoms. The van der Waals surface area contributed by atoms with Crippen molar-refractivity contribution in [2.45, 2.75) is 45.3 Å². The molecule has 1 fully saturated rings. The summed E-state index contributed by atoms with van der Waals surface area (Å²) in [6.45, 7) is 3.86. The Kier molecular flexibility index (Phi) is 4.67. The van der Waals surface area contributed by atoms with Gasteiger partial charge >= 0.3 is 0 Å². The molecule has 150 valence electrons. The lowest BCUT2D eigenvalue weighted by atomic mass is 9.93. The van der Waals surface area contributed by atoms with Crippen LogP contribution in [0.25, 0.3) is 11.3 Å². The Hall–Kier alpha value is -2.93. The summed E-state index contributed by atoms with van der Waals surface area (Å²) in [6.07, 6.45) is 7.66. The number of ether oxygens (including phenoxy) is 1. The van der Waals surface area contributed by atoms with Crippen molar-refractivity contribution >= 4 is 5.91 Å². The predicted molar refractivity (Wildman–Crippen MR) is 107 cm³/mol. The number of fused-ring (bicyclic) bond motifs is 3. The lowest BCUT2D eigenvalue weighted by molar-refractivity contribution is 0.0833. The molecule has 3 aromatic rings. The number of nitrogens with zero attached hydrogens (tertiary/aromatic N) is 3. The van der Waals surface area contributed by atoms with Crippen molar-refractivity contribution < 1.29 is 13.9 Å². The Morgan fingerprint density at radius 1 is 1.34 bits per heavy atom. The molecule has 1 aliphatic carbocycles. The van der Waals surface area contributed by atoms with Crippen molar-refractivity contribution in [2.75, 3.05) is 13.2 Å². The van der Waals surface area contributed by atoms with Crippen molar-refractivity contribution in [3.63, 3.8) is 0 Å². The molecule has 1 N–H and O–H groups in total. The molecule has 0 bridgehead atoms. The molecule has 0 aromatic carbocycles. The van der Waals surface area contributed by atoms with E-state index in [9.17, 15) is 4.79 Å². The summed E-state index contributed by atoms with van der Waals surface area (Å²) in [4.78, 5) is 17.1. The number of aromatic nitrogens is 3. The van der Waals surface area contributed by atoms with Crippen molar-refractivity contribution in [1.82, 2.24) is 20.1 Å². The Labute approximate surface area is 169 Å². The fourth-order valence-electron chi connectivity index (χ4n) is 4.21. The first kappa shape index (κ1) is 18.1. The smallest absolute Gasteiger partial charge is 0.287 e. The molecular weight excluding hydrogens is 368 g/mol. The van der Waals surface area contributed by atoms with Gasteiger partial charge in [-0.2, -0.15) is 5.10 Å². The molecule has 1 saturated heterocycles. The number of furan rings is 1. The summed E-state index contributed by atoms with van der Waals surface area (Å²) < 4.78 is 13.5. The Bertz CT molecular complexity index is 1030. The van der Waals surface area contributed by atoms with E-state index in [0.717, 1.165) is 60.6 Å². The second-order valence-electron chi connectivity index (χ2n) is 7.72. The zero-order chi connectivity index (χ0) is 19.8. The number of hydrogen-bond acceptors (Lipinski definition) is 5. The quantitative estimate of drug-likeness (QED) is 0.722. The Morgan fingerprint density at radius 2 is 2.28 bits per heavy atom. The van der Waals surface area contributed by atoms with Gasteiger partial charge in [0.1, 0.15) is 5.76 Å². The number of rotatable bonds is 5. The molecule has 7 nitrogen and oxygen atoms in total. The van der Waals surface area contributed by atoms with Crippen molar-refractivity contribution in [2.24, 2.45) is 0 Å². The van der Waals surface area contributed by atoms with Crippen molar-refractivity contribution in [3.8, 4) is 11.3 Å². The molecule has 1 aliphatic heterocycles. The first-order valence-corrected chi connectivity index (χ1v) is 10.2. The summed E-state index contributed by atoms with van der Waals surface area (Å²) >= 11 is 0. The van der Waals surface area contributed by atoms with E-state index in [1.807, 2.05) is 29.8 Å². The number of pyridine rings is 1. The summed E-state index contributed by atoms with van der Waals surface area (Å²) in [7, 11) is 0. The van der Waals surface area contributed by atoms with Crippen LogP contribution in [0.1, 0.15) is 46.0 Å². The van der Waals surface area contributed by atoms with Gasteiger partial charge in [0.2, 0.25) is 0 Å². The lowest BCUT2D eigenvalue weighted by Crippen LogP contribution is -2.31. The lowest BCUT2D eigenvalue weighted by Gasteiger charge is -2.10. The highest BCUT2D eigenvalue weighted by Gasteiger charge is 2.30. The van der Waals surface area contributed by atoms with E-state index in [4.69, 9.17) is 14.3 Å². The standard InChI is InChI=1S/C22H24N4O3/c1-14-19-18(29-21(14)22(27)24-11-17-6-4-10-28-17)8-7-15-12-26(25-20(15)19)13-16-5-2-3-9-23-16/h2-3,5,9,12,17H,4,6-8,10-11,13H2,1H3,(H,24,27)/t17-/m0/s1. The first-order chi connectivity index (χ1) is 14.2. The molecule has 0 spiro atoms. The van der Waals surface area contributed by atoms with Crippen LogP contribution in [0.4, 0.5) is 0 Å². The van der Waals surface area contributed by atoms with Crippen LogP contribution < -0.4 is 5.32 Å². The van der Waals surface area contributed by atoms with E-state index in [1.165, 1.54) is 5.56 Å². The summed E-state index contributed by atoms with van der Waals surface area (Å²) in [5, 5.41) is 7.76. The topological polar surface area (TPSA) is 82.2 Å². The number of carbonyl (C=O) groups excluding carboxylic acids is 1. The van der Waals surface area contributed by atoms with Gasteiger partial charge in [0.05, 0.1) is 24.0 Å². The highest BCUT2D eigenvalue weighted by Crippen LogP contribution is 2.38. The zero-order valence-corrected chi connectivity index (χ0v) is 16.5. The van der Waals surface area contributed by atoms with Gasteiger partial charge in [-0.15, -0.1) is 0 Å². The minimum absolute atomic E-state index is 0.109. The molecule has 1 amide bonds. The molecule has 1 atom stereocenters. The normalized spacial score (nSPS) is 17.8. The monoisotopic (exact) mass is 392 g/mol. The Morgan fingerprint density at radius 3 is 3.07 bits per heavy atom. The van der Waals surface area contributed by atoms with Crippen LogP contribution in [0.5, 0.6) is 0 Å².